The SMILES string of the molecule is Cc1cccc(C)c1NC(=O)c1nc(C(C)C)ncc1N. The molecule has 1 aromatic heterocycles. The highest BCUT2D eigenvalue weighted by Gasteiger charge is 2.16. The average molecular weight is 284 g/mol. The zero-order chi connectivity index (χ0) is 15.6. The van der Waals surface area contributed by atoms with Gasteiger partial charge in [0.15, 0.2) is 5.69 Å². The van der Waals surface area contributed by atoms with Crippen molar-refractivity contribution in [1.82, 2.24) is 9.97 Å². The molecule has 3 N–H and O–H groups in total. The Hall–Kier alpha value is -2.43. The maximum Gasteiger partial charge on any atom is 0.276 e. The molecule has 0 radical (unpaired) electrons. The smallest absolute Gasteiger partial charge is 0.276 e. The van der Waals surface area contributed by atoms with Gasteiger partial charge < -0.3 is 11.1 Å². The number of benzene rings is 1. The topological polar surface area (TPSA) is 80.9 Å². The Morgan fingerprint density at radius 3 is 2.43 bits per heavy atom. The van der Waals surface area contributed by atoms with Crippen LogP contribution in [0, 0.1) is 13.8 Å². The highest BCUT2D eigenvalue weighted by Crippen LogP contribution is 2.21. The van der Waals surface area contributed by atoms with Crippen molar-refractivity contribution in [2.75, 3.05) is 11.1 Å². The number of para-hydroxylation sites is 1. The van der Waals surface area contributed by atoms with Crippen molar-refractivity contribution >= 4 is 17.3 Å². The second kappa shape index (κ2) is 5.91. The maximum atomic E-state index is 12.4. The molecule has 0 aliphatic rings. The first-order valence-electron chi connectivity index (χ1n) is 6.90. The molecule has 0 aliphatic carbocycles. The van der Waals surface area contributed by atoms with E-state index in [1.54, 1.807) is 0 Å². The Kier molecular flexibility index (Phi) is 4.21. The zero-order valence-corrected chi connectivity index (χ0v) is 12.8. The van der Waals surface area contributed by atoms with Crippen molar-refractivity contribution < 1.29 is 4.79 Å². The van der Waals surface area contributed by atoms with Gasteiger partial charge in [-0.05, 0) is 25.0 Å². The molecule has 2 aromatic rings. The molecule has 0 unspecified atom stereocenters. The Bertz CT molecular complexity index is 660. The van der Waals surface area contributed by atoms with Crippen molar-refractivity contribution in [1.29, 1.82) is 0 Å². The average Bonchev–Trinajstić information content (AvgIpc) is 2.43. The zero-order valence-electron chi connectivity index (χ0n) is 12.8. The molecule has 21 heavy (non-hydrogen) atoms. The standard InChI is InChI=1S/C16H20N4O/c1-9(2)15-18-8-12(17)14(19-15)16(21)20-13-10(3)6-5-7-11(13)4/h5-9H,17H2,1-4H3,(H,20,21). The minimum absolute atomic E-state index is 0.136. The van der Waals surface area contributed by atoms with Crippen LogP contribution in [0.15, 0.2) is 24.4 Å². The number of nitrogens with one attached hydrogen (secondary N) is 1. The maximum absolute atomic E-state index is 12.4. The fourth-order valence-electron chi connectivity index (χ4n) is 2.05. The molecule has 0 atom stereocenters. The van der Waals surface area contributed by atoms with E-state index in [4.69, 9.17) is 5.73 Å². The number of amides is 1. The van der Waals surface area contributed by atoms with E-state index in [2.05, 4.69) is 15.3 Å². The van der Waals surface area contributed by atoms with Crippen LogP contribution >= 0.6 is 0 Å². The van der Waals surface area contributed by atoms with Gasteiger partial charge in [-0.15, -0.1) is 0 Å². The summed E-state index contributed by atoms with van der Waals surface area (Å²) < 4.78 is 0. The number of nitrogens with zero attached hydrogens (tertiary/aromatic N) is 2. The van der Waals surface area contributed by atoms with Crippen molar-refractivity contribution in [2.24, 2.45) is 0 Å². The Morgan fingerprint density at radius 1 is 1.24 bits per heavy atom. The number of aromatic nitrogens is 2. The first-order chi connectivity index (χ1) is 9.90. The molecule has 0 saturated heterocycles. The highest BCUT2D eigenvalue weighted by molar-refractivity contribution is 6.06. The van der Waals surface area contributed by atoms with Crippen molar-refractivity contribution in [3.8, 4) is 0 Å². The van der Waals surface area contributed by atoms with Crippen LogP contribution < -0.4 is 11.1 Å². The molecule has 110 valence electrons. The van der Waals surface area contributed by atoms with Crippen LogP contribution in [-0.2, 0) is 0 Å². The van der Waals surface area contributed by atoms with Crippen LogP contribution in [0.5, 0.6) is 0 Å². The fourth-order valence-corrected chi connectivity index (χ4v) is 2.05. The quantitative estimate of drug-likeness (QED) is 0.907. The van der Waals surface area contributed by atoms with Crippen molar-refractivity contribution in [3.05, 3.63) is 47.0 Å². The molecule has 5 nitrogen and oxygen atoms in total. The summed E-state index contributed by atoms with van der Waals surface area (Å²) in [6, 6.07) is 5.85. The lowest BCUT2D eigenvalue weighted by atomic mass is 10.1. The van der Waals surface area contributed by atoms with Crippen LogP contribution in [0.3, 0.4) is 0 Å². The highest BCUT2D eigenvalue weighted by atomic mass is 16.1. The minimum Gasteiger partial charge on any atom is -0.396 e. The Labute approximate surface area is 124 Å². The second-order valence-corrected chi connectivity index (χ2v) is 5.41. The molecule has 0 saturated carbocycles. The van der Waals surface area contributed by atoms with Gasteiger partial charge in [-0.25, -0.2) is 9.97 Å². The molecular weight excluding hydrogens is 264 g/mol. The molecule has 1 aromatic carbocycles. The molecule has 1 heterocycles. The van der Waals surface area contributed by atoms with E-state index < -0.39 is 0 Å². The molecule has 0 spiro atoms. The summed E-state index contributed by atoms with van der Waals surface area (Å²) in [7, 11) is 0. The second-order valence-electron chi connectivity index (χ2n) is 5.41. The number of rotatable bonds is 3. The third kappa shape index (κ3) is 3.18. The first-order valence-corrected chi connectivity index (χ1v) is 6.90. The normalized spacial score (nSPS) is 10.7. The molecule has 0 bridgehead atoms. The van der Waals surface area contributed by atoms with E-state index in [0.29, 0.717) is 5.82 Å². The van der Waals surface area contributed by atoms with Gasteiger partial charge in [-0.1, -0.05) is 32.0 Å². The Balaban J connectivity index is 2.35. The number of aryl methyl sites for hydroxylation is 2. The van der Waals surface area contributed by atoms with E-state index in [1.807, 2.05) is 45.9 Å². The molecule has 1 amide bonds. The van der Waals surface area contributed by atoms with Crippen LogP contribution in [0.1, 0.15) is 47.2 Å². The van der Waals surface area contributed by atoms with Crippen LogP contribution in [0.25, 0.3) is 0 Å². The van der Waals surface area contributed by atoms with Gasteiger partial charge in [-0.2, -0.15) is 0 Å². The van der Waals surface area contributed by atoms with E-state index in [1.165, 1.54) is 6.20 Å². The monoisotopic (exact) mass is 284 g/mol. The fraction of sp³-hybridized carbons (Fsp3) is 0.312. The summed E-state index contributed by atoms with van der Waals surface area (Å²) in [5, 5.41) is 2.89. The van der Waals surface area contributed by atoms with Crippen molar-refractivity contribution in [2.45, 2.75) is 33.6 Å². The van der Waals surface area contributed by atoms with Gasteiger partial charge in [0.2, 0.25) is 0 Å². The van der Waals surface area contributed by atoms with Gasteiger partial charge in [0.25, 0.3) is 5.91 Å². The number of hydrogen-bond donors (Lipinski definition) is 2. The number of nitrogens with two attached hydrogens (primary N) is 1. The Morgan fingerprint density at radius 2 is 1.86 bits per heavy atom. The van der Waals surface area contributed by atoms with E-state index in [-0.39, 0.29) is 23.2 Å². The summed E-state index contributed by atoms with van der Waals surface area (Å²) >= 11 is 0. The van der Waals surface area contributed by atoms with Crippen LogP contribution in [0.2, 0.25) is 0 Å². The van der Waals surface area contributed by atoms with E-state index >= 15 is 0 Å². The lowest BCUT2D eigenvalue weighted by molar-refractivity contribution is 0.102. The molecule has 2 rings (SSSR count). The molecule has 5 heteroatoms. The number of nitrogen functional groups attached to an aromatic ring is 1. The molecular formula is C16H20N4O. The summed E-state index contributed by atoms with van der Waals surface area (Å²) in [6.07, 6.45) is 1.49. The summed E-state index contributed by atoms with van der Waals surface area (Å²) in [6.45, 7) is 7.84. The van der Waals surface area contributed by atoms with Gasteiger partial charge in [0.1, 0.15) is 5.82 Å². The molecule has 0 aliphatic heterocycles. The van der Waals surface area contributed by atoms with Crippen molar-refractivity contribution in [3.63, 3.8) is 0 Å². The number of hydrogen-bond acceptors (Lipinski definition) is 4. The predicted molar refractivity (Wildman–Crippen MR) is 84.4 cm³/mol. The van der Waals surface area contributed by atoms with Gasteiger partial charge >= 0.3 is 0 Å². The third-order valence-corrected chi connectivity index (χ3v) is 3.29. The number of anilines is 2. The van der Waals surface area contributed by atoms with E-state index in [9.17, 15) is 4.79 Å². The van der Waals surface area contributed by atoms with Crippen LogP contribution in [-0.4, -0.2) is 15.9 Å². The van der Waals surface area contributed by atoms with Gasteiger partial charge in [0.05, 0.1) is 11.9 Å². The predicted octanol–water partition coefficient (Wildman–Crippen LogP) is 3.05. The lowest BCUT2D eigenvalue weighted by Crippen LogP contribution is -2.19. The first kappa shape index (κ1) is 15.0. The van der Waals surface area contributed by atoms with Crippen LogP contribution in [0.4, 0.5) is 11.4 Å². The summed E-state index contributed by atoms with van der Waals surface area (Å²) in [5.41, 5.74) is 9.13. The largest absolute Gasteiger partial charge is 0.396 e. The number of carbonyl (C=O) groups excluding carboxylic acids is 1. The van der Waals surface area contributed by atoms with Gasteiger partial charge in [0, 0.05) is 11.6 Å². The van der Waals surface area contributed by atoms with E-state index in [0.717, 1.165) is 16.8 Å². The van der Waals surface area contributed by atoms with Gasteiger partial charge in [-0.3, -0.25) is 4.79 Å². The third-order valence-electron chi connectivity index (χ3n) is 3.29. The summed E-state index contributed by atoms with van der Waals surface area (Å²) in [5.74, 6) is 0.433. The minimum atomic E-state index is -0.311. The lowest BCUT2D eigenvalue weighted by Gasteiger charge is -2.13. The molecule has 0 fully saturated rings. The number of carbonyl (C=O) groups is 1. The summed E-state index contributed by atoms with van der Waals surface area (Å²) in [4.78, 5) is 20.9.